The minimum Gasteiger partial charge on any atom is -0.493 e. The third kappa shape index (κ3) is 3.69. The maximum Gasteiger partial charge on any atom is 0.286 e. The van der Waals surface area contributed by atoms with Crippen LogP contribution in [0, 0.1) is 17.0 Å². The number of pyridine rings is 1. The number of carbonyl (C=O) groups excluding carboxylic acids is 1. The van der Waals surface area contributed by atoms with Gasteiger partial charge in [0.05, 0.1) is 30.7 Å². The van der Waals surface area contributed by atoms with Gasteiger partial charge in [-0.3, -0.25) is 19.7 Å². The van der Waals surface area contributed by atoms with Crippen molar-refractivity contribution >= 4 is 28.2 Å². The van der Waals surface area contributed by atoms with Crippen molar-refractivity contribution in [3.63, 3.8) is 0 Å². The quantitative estimate of drug-likeness (QED) is 0.472. The van der Waals surface area contributed by atoms with Crippen molar-refractivity contribution < 1.29 is 19.2 Å². The Morgan fingerprint density at radius 2 is 1.83 bits per heavy atom. The number of aryl methyl sites for hydroxylation is 1. The van der Waals surface area contributed by atoms with Gasteiger partial charge in [0.25, 0.3) is 17.2 Å². The van der Waals surface area contributed by atoms with E-state index in [0.29, 0.717) is 23.2 Å². The number of anilines is 1. The average Bonchev–Trinajstić information content (AvgIpc) is 2.72. The summed E-state index contributed by atoms with van der Waals surface area (Å²) in [6, 6.07) is 7.48. The van der Waals surface area contributed by atoms with Crippen LogP contribution in [0.4, 0.5) is 11.4 Å². The maximum absolute atomic E-state index is 12.8. The highest BCUT2D eigenvalue weighted by Gasteiger charge is 2.24. The molecule has 0 aliphatic carbocycles. The minimum absolute atomic E-state index is 0.145. The first-order chi connectivity index (χ1) is 14.3. The Morgan fingerprint density at radius 1 is 1.17 bits per heavy atom. The molecule has 0 aliphatic rings. The van der Waals surface area contributed by atoms with Gasteiger partial charge in [-0.25, -0.2) is 0 Å². The van der Waals surface area contributed by atoms with Crippen LogP contribution >= 0.6 is 0 Å². The van der Waals surface area contributed by atoms with Crippen LogP contribution < -0.4 is 20.3 Å². The zero-order valence-electron chi connectivity index (χ0n) is 17.0. The Labute approximate surface area is 171 Å². The van der Waals surface area contributed by atoms with Gasteiger partial charge in [0.2, 0.25) is 0 Å². The molecular formula is C21H21N3O6. The topological polar surface area (TPSA) is 124 Å². The molecule has 0 saturated carbocycles. The van der Waals surface area contributed by atoms with Gasteiger partial charge >= 0.3 is 0 Å². The number of H-pyrrole nitrogens is 1. The number of aromatic nitrogens is 1. The van der Waals surface area contributed by atoms with Crippen molar-refractivity contribution in [2.75, 3.05) is 19.5 Å². The summed E-state index contributed by atoms with van der Waals surface area (Å²) in [7, 11) is 2.72. The molecule has 9 heteroatoms. The van der Waals surface area contributed by atoms with Crippen LogP contribution in [-0.4, -0.2) is 30.0 Å². The fourth-order valence-corrected chi connectivity index (χ4v) is 3.41. The number of hydrogen-bond donors (Lipinski definition) is 2. The number of hydrogen-bond acceptors (Lipinski definition) is 6. The summed E-state index contributed by atoms with van der Waals surface area (Å²) in [4.78, 5) is 38.6. The molecule has 1 heterocycles. The predicted octanol–water partition coefficient (Wildman–Crippen LogP) is 3.58. The fraction of sp³-hybridized carbons (Fsp3) is 0.238. The normalized spacial score (nSPS) is 10.7. The first kappa shape index (κ1) is 20.8. The second-order valence-corrected chi connectivity index (χ2v) is 6.61. The van der Waals surface area contributed by atoms with E-state index >= 15 is 0 Å². The molecule has 0 saturated heterocycles. The highest BCUT2D eigenvalue weighted by molar-refractivity contribution is 6.08. The summed E-state index contributed by atoms with van der Waals surface area (Å²) in [5, 5.41) is 14.9. The molecule has 1 amide bonds. The number of amides is 1. The largest absolute Gasteiger partial charge is 0.493 e. The zero-order valence-corrected chi connectivity index (χ0v) is 17.0. The Kier molecular flexibility index (Phi) is 5.72. The van der Waals surface area contributed by atoms with Crippen LogP contribution in [0.2, 0.25) is 0 Å². The lowest BCUT2D eigenvalue weighted by atomic mass is 10.0. The monoisotopic (exact) mass is 411 g/mol. The Hall–Kier alpha value is -3.88. The Morgan fingerprint density at radius 3 is 2.43 bits per heavy atom. The van der Waals surface area contributed by atoms with E-state index in [4.69, 9.17) is 9.47 Å². The Bertz CT molecular complexity index is 1220. The molecule has 156 valence electrons. The van der Waals surface area contributed by atoms with Crippen LogP contribution in [-0.2, 0) is 6.42 Å². The molecule has 0 radical (unpaired) electrons. The number of nitrogens with one attached hydrogen (secondary N) is 2. The molecule has 0 spiro atoms. The fourth-order valence-electron chi connectivity index (χ4n) is 3.41. The molecule has 30 heavy (non-hydrogen) atoms. The molecule has 3 aromatic rings. The van der Waals surface area contributed by atoms with E-state index in [0.717, 1.165) is 17.0 Å². The van der Waals surface area contributed by atoms with Crippen molar-refractivity contribution in [3.8, 4) is 11.5 Å². The van der Waals surface area contributed by atoms with Crippen molar-refractivity contribution in [2.24, 2.45) is 0 Å². The van der Waals surface area contributed by atoms with Crippen LogP contribution in [0.1, 0.15) is 28.4 Å². The lowest BCUT2D eigenvalue weighted by molar-refractivity contribution is -0.385. The van der Waals surface area contributed by atoms with Crippen LogP contribution in [0.5, 0.6) is 11.5 Å². The van der Waals surface area contributed by atoms with E-state index in [2.05, 4.69) is 10.3 Å². The summed E-state index contributed by atoms with van der Waals surface area (Å²) in [5.41, 5.74) is 1.77. The number of benzene rings is 2. The third-order valence-corrected chi connectivity index (χ3v) is 4.95. The summed E-state index contributed by atoms with van der Waals surface area (Å²) >= 11 is 0. The highest BCUT2D eigenvalue weighted by atomic mass is 16.6. The smallest absolute Gasteiger partial charge is 0.286 e. The molecule has 2 aromatic carbocycles. The molecule has 0 fully saturated rings. The van der Waals surface area contributed by atoms with Crippen molar-refractivity contribution in [1.29, 1.82) is 0 Å². The van der Waals surface area contributed by atoms with Gasteiger partial charge in [0.1, 0.15) is 5.56 Å². The minimum atomic E-state index is -0.689. The van der Waals surface area contributed by atoms with Crippen LogP contribution in [0.15, 0.2) is 35.1 Å². The average molecular weight is 411 g/mol. The van der Waals surface area contributed by atoms with Gasteiger partial charge in [0.15, 0.2) is 11.5 Å². The molecule has 0 unspecified atom stereocenters. The number of nitrogens with zero attached hydrogens (tertiary/aromatic N) is 1. The van der Waals surface area contributed by atoms with Gasteiger partial charge in [-0.1, -0.05) is 13.0 Å². The van der Waals surface area contributed by atoms with Gasteiger partial charge in [-0.2, -0.15) is 0 Å². The van der Waals surface area contributed by atoms with E-state index in [1.54, 1.807) is 18.2 Å². The Balaban J connectivity index is 2.03. The van der Waals surface area contributed by atoms with Gasteiger partial charge in [-0.05, 0) is 31.0 Å². The number of fused-ring (bicyclic) bond motifs is 1. The van der Waals surface area contributed by atoms with Crippen LogP contribution in [0.25, 0.3) is 10.9 Å². The number of nitro benzene ring substituents is 1. The SMILES string of the molecule is CCc1c(C)c2ccc(NC(=O)c3cc(OC)c(OC)cc3[N+](=O)[O-])cc2[nH]c1=O. The van der Waals surface area contributed by atoms with E-state index in [1.165, 1.54) is 20.3 Å². The zero-order chi connectivity index (χ0) is 22.0. The molecule has 3 rings (SSSR count). The first-order valence-electron chi connectivity index (χ1n) is 9.18. The molecule has 9 nitrogen and oxygen atoms in total. The second-order valence-electron chi connectivity index (χ2n) is 6.61. The number of carbonyl (C=O) groups is 1. The molecule has 0 aliphatic heterocycles. The summed E-state index contributed by atoms with van der Waals surface area (Å²) in [6.07, 6.45) is 0.610. The van der Waals surface area contributed by atoms with Crippen molar-refractivity contribution in [2.45, 2.75) is 20.3 Å². The number of methoxy groups -OCH3 is 2. The molecule has 1 aromatic heterocycles. The van der Waals surface area contributed by atoms with Gasteiger partial charge in [-0.15, -0.1) is 0 Å². The number of rotatable bonds is 6. The lowest BCUT2D eigenvalue weighted by Crippen LogP contribution is -2.16. The summed E-state index contributed by atoms with van der Waals surface area (Å²) in [5.74, 6) is -0.351. The van der Waals surface area contributed by atoms with E-state index in [-0.39, 0.29) is 22.6 Å². The summed E-state index contributed by atoms with van der Waals surface area (Å²) < 4.78 is 10.2. The third-order valence-electron chi connectivity index (χ3n) is 4.95. The molecule has 0 atom stereocenters. The first-order valence-corrected chi connectivity index (χ1v) is 9.18. The van der Waals surface area contributed by atoms with E-state index < -0.39 is 16.5 Å². The number of nitro groups is 1. The number of ether oxygens (including phenoxy) is 2. The van der Waals surface area contributed by atoms with Crippen molar-refractivity contribution in [3.05, 3.63) is 67.5 Å². The van der Waals surface area contributed by atoms with Crippen molar-refractivity contribution in [1.82, 2.24) is 4.98 Å². The second kappa shape index (κ2) is 8.24. The molecule has 0 bridgehead atoms. The number of aromatic amines is 1. The van der Waals surface area contributed by atoms with Gasteiger partial charge in [0, 0.05) is 22.7 Å². The lowest BCUT2D eigenvalue weighted by Gasteiger charge is -2.12. The van der Waals surface area contributed by atoms with Crippen LogP contribution in [0.3, 0.4) is 0 Å². The maximum atomic E-state index is 12.8. The van der Waals surface area contributed by atoms with E-state index in [9.17, 15) is 19.7 Å². The molecule has 2 N–H and O–H groups in total. The summed E-state index contributed by atoms with van der Waals surface area (Å²) in [6.45, 7) is 3.79. The van der Waals surface area contributed by atoms with Gasteiger partial charge < -0.3 is 19.8 Å². The van der Waals surface area contributed by atoms with E-state index in [1.807, 2.05) is 13.8 Å². The predicted molar refractivity (Wildman–Crippen MR) is 113 cm³/mol. The molecular weight excluding hydrogens is 390 g/mol. The highest BCUT2D eigenvalue weighted by Crippen LogP contribution is 2.35. The standard InChI is InChI=1S/C21H21N3O6/c1-5-13-11(2)14-7-6-12(8-16(14)23-20(13)25)22-21(26)15-9-18(29-3)19(30-4)10-17(15)24(27)28/h6-10H,5H2,1-4H3,(H,22,26)(H,23,25).